The molecule has 0 bridgehead atoms. The Labute approximate surface area is 67.7 Å². The van der Waals surface area contributed by atoms with E-state index in [1.54, 1.807) is 0 Å². The van der Waals surface area contributed by atoms with Crippen molar-refractivity contribution in [3.63, 3.8) is 0 Å². The van der Waals surface area contributed by atoms with Crippen molar-refractivity contribution in [1.29, 1.82) is 5.41 Å². The van der Waals surface area contributed by atoms with Gasteiger partial charge < -0.3 is 5.73 Å². The van der Waals surface area contributed by atoms with Gasteiger partial charge in [-0.2, -0.15) is 0 Å². The van der Waals surface area contributed by atoms with Crippen LogP contribution in [0.15, 0.2) is 0 Å². The minimum absolute atomic E-state index is 0.105. The maximum Gasteiger partial charge on any atom is 0.151 e. The van der Waals surface area contributed by atoms with Crippen LogP contribution in [-0.2, 0) is 10.8 Å². The van der Waals surface area contributed by atoms with Crippen molar-refractivity contribution >= 4 is 27.7 Å². The van der Waals surface area contributed by atoms with E-state index >= 15 is 0 Å². The van der Waals surface area contributed by atoms with Crippen LogP contribution >= 0.6 is 11.8 Å². The van der Waals surface area contributed by atoms with Crippen LogP contribution in [-0.4, -0.2) is 26.6 Å². The van der Waals surface area contributed by atoms with Gasteiger partial charge in [0, 0.05) is 28.1 Å². The van der Waals surface area contributed by atoms with Crippen molar-refractivity contribution in [2.45, 2.75) is 6.92 Å². The van der Waals surface area contributed by atoms with Gasteiger partial charge in [-0.1, -0.05) is 18.7 Å². The van der Waals surface area contributed by atoms with E-state index in [-0.39, 0.29) is 5.17 Å². The number of nitrogens with one attached hydrogen (secondary N) is 1. The second-order valence-electron chi connectivity index (χ2n) is 1.65. The number of hydrogen-bond donors (Lipinski definition) is 2. The van der Waals surface area contributed by atoms with Gasteiger partial charge >= 0.3 is 0 Å². The fraction of sp³-hybridized carbons (Fsp3) is 0.800. The lowest BCUT2D eigenvalue weighted by Gasteiger charge is -1.96. The van der Waals surface area contributed by atoms with Crippen LogP contribution in [0.4, 0.5) is 0 Å². The number of thioether (sulfide) groups is 1. The Bertz CT molecular complexity index is 138. The second-order valence-corrected chi connectivity index (χ2v) is 4.65. The number of amidine groups is 1. The first-order valence-corrected chi connectivity index (χ1v) is 5.46. The normalized spacial score (nSPS) is 12.9. The third kappa shape index (κ3) is 6.10. The molecular formula is C5H12N2OS2. The summed E-state index contributed by atoms with van der Waals surface area (Å²) in [7, 11) is -0.716. The summed E-state index contributed by atoms with van der Waals surface area (Å²) >= 11 is 1.24. The molecule has 3 N–H and O–H groups in total. The monoisotopic (exact) mass is 180 g/mol. The van der Waals surface area contributed by atoms with Crippen molar-refractivity contribution in [2.24, 2.45) is 5.73 Å². The highest BCUT2D eigenvalue weighted by Gasteiger charge is 1.96. The van der Waals surface area contributed by atoms with E-state index < -0.39 is 10.8 Å². The van der Waals surface area contributed by atoms with E-state index in [0.717, 1.165) is 0 Å². The summed E-state index contributed by atoms with van der Waals surface area (Å²) in [5, 5.41) is 6.94. The smallest absolute Gasteiger partial charge is 0.151 e. The molecule has 0 rings (SSSR count). The first-order valence-electron chi connectivity index (χ1n) is 2.98. The highest BCUT2D eigenvalue weighted by atomic mass is 32.2. The topological polar surface area (TPSA) is 66.9 Å². The molecule has 0 saturated heterocycles. The summed E-state index contributed by atoms with van der Waals surface area (Å²) in [6.45, 7) is 1.88. The van der Waals surface area contributed by atoms with Crippen molar-refractivity contribution in [2.75, 3.05) is 17.3 Å². The van der Waals surface area contributed by atoms with E-state index in [2.05, 4.69) is 0 Å². The van der Waals surface area contributed by atoms with Crippen molar-refractivity contribution < 1.29 is 4.21 Å². The molecule has 0 amide bonds. The molecule has 0 aromatic carbocycles. The fourth-order valence-electron chi connectivity index (χ4n) is 0.389. The Hall–Kier alpha value is -0.0300. The second kappa shape index (κ2) is 5.73. The molecule has 0 unspecified atom stereocenters. The number of rotatable bonds is 4. The zero-order valence-corrected chi connectivity index (χ0v) is 7.56. The molecule has 0 heterocycles. The molecule has 0 aromatic rings. The zero-order valence-electron chi connectivity index (χ0n) is 5.92. The Balaban J connectivity index is 3.20. The third-order valence-electron chi connectivity index (χ3n) is 0.891. The molecule has 3 nitrogen and oxygen atoms in total. The zero-order chi connectivity index (χ0) is 7.98. The molecule has 0 saturated carbocycles. The van der Waals surface area contributed by atoms with Crippen molar-refractivity contribution in [1.82, 2.24) is 0 Å². The van der Waals surface area contributed by atoms with Crippen molar-refractivity contribution in [3.05, 3.63) is 0 Å². The maximum atomic E-state index is 10.8. The van der Waals surface area contributed by atoms with Crippen molar-refractivity contribution in [3.8, 4) is 0 Å². The summed E-state index contributed by atoms with van der Waals surface area (Å²) < 4.78 is 10.8. The molecule has 0 fully saturated rings. The van der Waals surface area contributed by atoms with Gasteiger partial charge in [0.1, 0.15) is 0 Å². The minimum atomic E-state index is -0.716. The van der Waals surface area contributed by atoms with Gasteiger partial charge in [-0.05, 0) is 0 Å². The van der Waals surface area contributed by atoms with Crippen LogP contribution in [0.5, 0.6) is 0 Å². The molecule has 0 radical (unpaired) electrons. The molecule has 5 heteroatoms. The summed E-state index contributed by atoms with van der Waals surface area (Å²) in [6.07, 6.45) is 0. The first-order chi connectivity index (χ1) is 4.66. The quantitative estimate of drug-likeness (QED) is 0.485. The Morgan fingerprint density at radius 1 is 1.80 bits per heavy atom. The minimum Gasteiger partial charge on any atom is -0.379 e. The van der Waals surface area contributed by atoms with Gasteiger partial charge in [0.15, 0.2) is 5.17 Å². The summed E-state index contributed by atoms with van der Waals surface area (Å²) in [6, 6.07) is 0. The predicted octanol–water partition coefficient (Wildman–Crippen LogP) is 0.382. The van der Waals surface area contributed by atoms with Crippen LogP contribution in [0, 0.1) is 5.41 Å². The van der Waals surface area contributed by atoms with E-state index in [1.807, 2.05) is 6.92 Å². The Kier molecular flexibility index (Phi) is 5.71. The molecule has 1 atom stereocenters. The van der Waals surface area contributed by atoms with Gasteiger partial charge in [0.05, 0.1) is 0 Å². The average Bonchev–Trinajstić information content (AvgIpc) is 1.87. The summed E-state index contributed by atoms with van der Waals surface area (Å²) in [5.41, 5.74) is 5.07. The molecule has 10 heavy (non-hydrogen) atoms. The lowest BCUT2D eigenvalue weighted by molar-refractivity contribution is 0.685. The molecule has 0 spiro atoms. The van der Waals surface area contributed by atoms with Crippen LogP contribution in [0.3, 0.4) is 0 Å². The van der Waals surface area contributed by atoms with Gasteiger partial charge in [0.25, 0.3) is 0 Å². The van der Waals surface area contributed by atoms with E-state index in [1.165, 1.54) is 11.8 Å². The fourth-order valence-corrected chi connectivity index (χ4v) is 1.97. The highest BCUT2D eigenvalue weighted by molar-refractivity contribution is 8.14. The SMILES string of the molecule is CC[S@](=O)CCSC(=N)N. The number of nitrogens with two attached hydrogens (primary N) is 1. The standard InChI is InChI=1S/C5H12N2OS2/c1-2-10(8)4-3-9-5(6)7/h2-4H2,1H3,(H3,6,7)/t10-/m0/s1. The molecular weight excluding hydrogens is 168 g/mol. The van der Waals surface area contributed by atoms with Gasteiger partial charge in [-0.25, -0.2) is 0 Å². The molecule has 60 valence electrons. The van der Waals surface area contributed by atoms with Gasteiger partial charge in [-0.3, -0.25) is 9.62 Å². The van der Waals surface area contributed by atoms with Gasteiger partial charge in [-0.15, -0.1) is 0 Å². The Morgan fingerprint density at radius 2 is 2.40 bits per heavy atom. The highest BCUT2D eigenvalue weighted by Crippen LogP contribution is 1.97. The average molecular weight is 180 g/mol. The van der Waals surface area contributed by atoms with Crippen LogP contribution in [0.2, 0.25) is 0 Å². The van der Waals surface area contributed by atoms with Crippen LogP contribution in [0.1, 0.15) is 6.92 Å². The third-order valence-corrected chi connectivity index (χ3v) is 3.17. The predicted molar refractivity (Wildman–Crippen MR) is 47.9 cm³/mol. The summed E-state index contributed by atoms with van der Waals surface area (Å²) in [4.78, 5) is 0. The maximum absolute atomic E-state index is 10.8. The summed E-state index contributed by atoms with van der Waals surface area (Å²) in [5.74, 6) is 2.02. The molecule has 0 aliphatic heterocycles. The molecule has 0 aliphatic rings. The van der Waals surface area contributed by atoms with Gasteiger partial charge in [0.2, 0.25) is 0 Å². The number of hydrogen-bond acceptors (Lipinski definition) is 3. The molecule has 0 aromatic heterocycles. The largest absolute Gasteiger partial charge is 0.379 e. The lowest BCUT2D eigenvalue weighted by Crippen LogP contribution is -2.08. The van der Waals surface area contributed by atoms with E-state index in [4.69, 9.17) is 11.1 Å². The van der Waals surface area contributed by atoms with E-state index in [0.29, 0.717) is 17.3 Å². The van der Waals surface area contributed by atoms with Crippen LogP contribution < -0.4 is 5.73 Å². The lowest BCUT2D eigenvalue weighted by atomic mass is 10.9. The Morgan fingerprint density at radius 3 is 2.80 bits per heavy atom. The van der Waals surface area contributed by atoms with E-state index in [9.17, 15) is 4.21 Å². The molecule has 0 aliphatic carbocycles. The van der Waals surface area contributed by atoms with Crippen LogP contribution in [0.25, 0.3) is 0 Å². The first kappa shape index (κ1) is 9.97.